The van der Waals surface area contributed by atoms with Crippen LogP contribution in [0.1, 0.15) is 32.0 Å². The van der Waals surface area contributed by atoms with Crippen LogP contribution in [0.15, 0.2) is 41.3 Å². The molecule has 3 heterocycles. The minimum absolute atomic E-state index is 0.222. The normalized spacial score (nSPS) is 15.5. The summed E-state index contributed by atoms with van der Waals surface area (Å²) in [5.41, 5.74) is 2.09. The van der Waals surface area contributed by atoms with Gasteiger partial charge in [0, 0.05) is 23.6 Å². The Morgan fingerprint density at radius 1 is 1.19 bits per heavy atom. The van der Waals surface area contributed by atoms with Crippen LogP contribution in [0.3, 0.4) is 0 Å². The molecule has 0 bridgehead atoms. The highest BCUT2D eigenvalue weighted by molar-refractivity contribution is 7.81. The quantitative estimate of drug-likeness (QED) is 0.415. The fourth-order valence-corrected chi connectivity index (χ4v) is 4.63. The van der Waals surface area contributed by atoms with E-state index in [4.69, 9.17) is 30.4 Å². The zero-order valence-corrected chi connectivity index (χ0v) is 19.6. The number of thiocarbonyl (C=S) groups is 1. The molecule has 4 rings (SSSR count). The maximum absolute atomic E-state index is 13.4. The summed E-state index contributed by atoms with van der Waals surface area (Å²) in [6, 6.07) is 8.29. The maximum Gasteiger partial charge on any atom is 0.259 e. The molecule has 7 nitrogen and oxygen atoms in total. The van der Waals surface area contributed by atoms with Crippen LogP contribution in [0.5, 0.6) is 0 Å². The van der Waals surface area contributed by atoms with E-state index in [-0.39, 0.29) is 21.6 Å². The Hall–Kier alpha value is -3.28. The van der Waals surface area contributed by atoms with Crippen LogP contribution >= 0.6 is 23.8 Å². The molecule has 0 aliphatic carbocycles. The number of rotatable bonds is 3. The summed E-state index contributed by atoms with van der Waals surface area (Å²) in [5.74, 6) is -0.222. The molecule has 0 N–H and O–H groups in total. The van der Waals surface area contributed by atoms with Crippen LogP contribution in [0, 0.1) is 13.5 Å². The van der Waals surface area contributed by atoms with Gasteiger partial charge in [-0.05, 0) is 63.2 Å². The highest BCUT2D eigenvalue weighted by Gasteiger charge is 2.50. The summed E-state index contributed by atoms with van der Waals surface area (Å²) in [7, 11) is 0. The van der Waals surface area contributed by atoms with Gasteiger partial charge in [-0.3, -0.25) is 18.9 Å². The second-order valence-corrected chi connectivity index (χ2v) is 8.85. The number of fused-ring (bicyclic) bond motifs is 1. The molecule has 1 aromatic carbocycles. The predicted molar refractivity (Wildman–Crippen MR) is 130 cm³/mol. The van der Waals surface area contributed by atoms with E-state index in [1.165, 1.54) is 15.4 Å². The first-order valence-corrected chi connectivity index (χ1v) is 10.8. The molecular weight excluding hydrogens is 446 g/mol. The number of aryl methyl sites for hydroxylation is 2. The second-order valence-electron chi connectivity index (χ2n) is 8.08. The van der Waals surface area contributed by atoms with Gasteiger partial charge in [0.2, 0.25) is 0 Å². The molecule has 1 aliphatic rings. The zero-order chi connectivity index (χ0) is 23.4. The fourth-order valence-electron chi connectivity index (χ4n) is 3.86. The Kier molecular flexibility index (Phi) is 5.27. The minimum atomic E-state index is -1.03. The molecule has 0 saturated carbocycles. The number of carbonyl (C=O) groups is 1. The van der Waals surface area contributed by atoms with Crippen LogP contribution in [0.25, 0.3) is 10.5 Å². The number of aromatic nitrogens is 2. The minimum Gasteiger partial charge on any atom is -0.302 e. The molecule has 32 heavy (non-hydrogen) atoms. The summed E-state index contributed by atoms with van der Waals surface area (Å²) in [4.78, 5) is 37.2. The maximum atomic E-state index is 13.4. The van der Waals surface area contributed by atoms with E-state index >= 15 is 0 Å². The number of benzene rings is 1. The first-order chi connectivity index (χ1) is 15.1. The van der Waals surface area contributed by atoms with Crippen molar-refractivity contribution in [2.45, 2.75) is 39.7 Å². The van der Waals surface area contributed by atoms with E-state index in [0.29, 0.717) is 34.8 Å². The molecule has 0 radical (unpaired) electrons. The molecule has 162 valence electrons. The van der Waals surface area contributed by atoms with Crippen molar-refractivity contribution in [3.8, 4) is 0 Å². The SMILES string of the molecule is [C-]#[N+]c1ccc(N2C(=O)C(C)(C)N(c3cc(Cl)c4nc(CC)cc(=O)n4c3)C2=S)cc1C. The van der Waals surface area contributed by atoms with Crippen molar-refractivity contribution in [3.05, 3.63) is 74.6 Å². The van der Waals surface area contributed by atoms with Crippen molar-refractivity contribution >= 4 is 57.5 Å². The van der Waals surface area contributed by atoms with E-state index in [2.05, 4.69) is 9.83 Å². The summed E-state index contributed by atoms with van der Waals surface area (Å²) in [6.07, 6.45) is 2.22. The highest BCUT2D eigenvalue weighted by Crippen LogP contribution is 2.38. The van der Waals surface area contributed by atoms with Crippen molar-refractivity contribution in [1.82, 2.24) is 9.38 Å². The van der Waals surface area contributed by atoms with Gasteiger partial charge in [0.25, 0.3) is 11.5 Å². The molecule has 1 fully saturated rings. The van der Waals surface area contributed by atoms with Gasteiger partial charge >= 0.3 is 0 Å². The third-order valence-electron chi connectivity index (χ3n) is 5.60. The average molecular weight is 466 g/mol. The lowest BCUT2D eigenvalue weighted by Gasteiger charge is -2.29. The summed E-state index contributed by atoms with van der Waals surface area (Å²) >= 11 is 12.2. The van der Waals surface area contributed by atoms with Crippen LogP contribution in [0.2, 0.25) is 5.02 Å². The topological polar surface area (TPSA) is 62.3 Å². The van der Waals surface area contributed by atoms with E-state index in [0.717, 1.165) is 5.56 Å². The number of anilines is 2. The molecule has 0 atom stereocenters. The summed E-state index contributed by atoms with van der Waals surface area (Å²) in [5, 5.41) is 0.549. The molecule has 1 saturated heterocycles. The first kappa shape index (κ1) is 21.9. The van der Waals surface area contributed by atoms with Crippen molar-refractivity contribution in [1.29, 1.82) is 0 Å². The fraction of sp³-hybridized carbons (Fsp3) is 0.261. The van der Waals surface area contributed by atoms with Gasteiger partial charge in [0.05, 0.1) is 17.3 Å². The summed E-state index contributed by atoms with van der Waals surface area (Å²) < 4.78 is 1.37. The van der Waals surface area contributed by atoms with E-state index in [9.17, 15) is 9.59 Å². The largest absolute Gasteiger partial charge is 0.302 e. The average Bonchev–Trinajstić information content (AvgIpc) is 2.92. The Balaban J connectivity index is 1.86. The number of halogens is 1. The smallest absolute Gasteiger partial charge is 0.259 e. The van der Waals surface area contributed by atoms with Gasteiger partial charge in [-0.15, -0.1) is 0 Å². The first-order valence-electron chi connectivity index (χ1n) is 9.98. The molecule has 3 aromatic rings. The Morgan fingerprint density at radius 3 is 2.53 bits per heavy atom. The second kappa shape index (κ2) is 7.69. The summed E-state index contributed by atoms with van der Waals surface area (Å²) in [6.45, 7) is 14.5. The van der Waals surface area contributed by atoms with Crippen molar-refractivity contribution in [3.63, 3.8) is 0 Å². The molecular formula is C23H20ClN5O2S. The van der Waals surface area contributed by atoms with Crippen molar-refractivity contribution < 1.29 is 4.79 Å². The Morgan fingerprint density at radius 2 is 1.91 bits per heavy atom. The lowest BCUT2D eigenvalue weighted by Crippen LogP contribution is -2.44. The van der Waals surface area contributed by atoms with Gasteiger partial charge in [-0.2, -0.15) is 0 Å². The van der Waals surface area contributed by atoms with Crippen molar-refractivity contribution in [2.75, 3.05) is 9.80 Å². The predicted octanol–water partition coefficient (Wildman–Crippen LogP) is 4.69. The number of pyridine rings is 1. The van der Waals surface area contributed by atoms with Crippen LogP contribution in [-0.2, 0) is 11.2 Å². The lowest BCUT2D eigenvalue weighted by molar-refractivity contribution is -0.120. The van der Waals surface area contributed by atoms with E-state index in [1.54, 1.807) is 49.2 Å². The third-order valence-corrected chi connectivity index (χ3v) is 6.25. The number of carbonyl (C=O) groups excluding carboxylic acids is 1. The van der Waals surface area contributed by atoms with Crippen LogP contribution in [-0.4, -0.2) is 25.9 Å². The molecule has 1 aliphatic heterocycles. The van der Waals surface area contributed by atoms with Gasteiger partial charge in [0.15, 0.2) is 16.4 Å². The van der Waals surface area contributed by atoms with Crippen molar-refractivity contribution in [2.24, 2.45) is 0 Å². The Labute approximate surface area is 195 Å². The zero-order valence-electron chi connectivity index (χ0n) is 18.0. The molecule has 2 aromatic heterocycles. The standard InChI is InChI=1S/C23H20ClN5O2S/c1-6-14-10-19(30)27-12-16(11-17(24)20(27)26-14)29-22(32)28(21(31)23(29,3)4)15-7-8-18(25-5)13(2)9-15/h7-12H,6H2,1-4H3. The Bertz CT molecular complexity index is 1410. The van der Waals surface area contributed by atoms with Crippen LogP contribution in [0.4, 0.5) is 17.1 Å². The molecule has 1 amide bonds. The molecule has 0 unspecified atom stereocenters. The monoisotopic (exact) mass is 465 g/mol. The lowest BCUT2D eigenvalue weighted by atomic mass is 10.0. The third kappa shape index (κ3) is 3.25. The van der Waals surface area contributed by atoms with Crippen LogP contribution < -0.4 is 15.4 Å². The van der Waals surface area contributed by atoms with Gasteiger partial charge in [-0.25, -0.2) is 9.83 Å². The van der Waals surface area contributed by atoms with Gasteiger partial charge < -0.3 is 4.90 Å². The van der Waals surface area contributed by atoms with Gasteiger partial charge in [-0.1, -0.05) is 24.6 Å². The number of hydrogen-bond donors (Lipinski definition) is 0. The number of hydrogen-bond acceptors (Lipinski definition) is 4. The van der Waals surface area contributed by atoms with E-state index < -0.39 is 5.54 Å². The molecule has 0 spiro atoms. The molecule has 9 heteroatoms. The van der Waals surface area contributed by atoms with Gasteiger partial charge in [0.1, 0.15) is 5.54 Å². The number of nitrogens with zero attached hydrogens (tertiary/aromatic N) is 5. The highest BCUT2D eigenvalue weighted by atomic mass is 35.5. The van der Waals surface area contributed by atoms with E-state index in [1.807, 2.05) is 13.8 Å². The number of amides is 1.